The number of thiazole rings is 1. The molecule has 1 rings (SSSR count). The minimum Gasteiger partial charge on any atom is -0.468 e. The summed E-state index contributed by atoms with van der Waals surface area (Å²) in [5.74, 6) is -0.954. The summed E-state index contributed by atoms with van der Waals surface area (Å²) < 4.78 is 4.35. The molecule has 1 aromatic rings. The van der Waals surface area contributed by atoms with Crippen LogP contribution in [-0.2, 0) is 9.53 Å². The molecule has 0 atom stereocenters. The summed E-state index contributed by atoms with van der Waals surface area (Å²) in [4.78, 5) is 25.7. The Morgan fingerprint density at radius 1 is 1.71 bits per heavy atom. The van der Waals surface area contributed by atoms with Crippen molar-refractivity contribution in [2.45, 2.75) is 0 Å². The predicted molar refractivity (Wildman–Crippen MR) is 50.9 cm³/mol. The zero-order valence-electron chi connectivity index (χ0n) is 7.44. The van der Waals surface area contributed by atoms with E-state index in [9.17, 15) is 9.59 Å². The lowest BCUT2D eigenvalue weighted by Gasteiger charge is -2.00. The Morgan fingerprint density at radius 3 is 2.93 bits per heavy atom. The van der Waals surface area contributed by atoms with Gasteiger partial charge >= 0.3 is 5.97 Å². The molecule has 76 valence electrons. The van der Waals surface area contributed by atoms with Gasteiger partial charge in [0, 0.05) is 5.38 Å². The molecule has 1 aromatic heterocycles. The van der Waals surface area contributed by atoms with Crippen molar-refractivity contribution in [3.05, 3.63) is 11.1 Å². The van der Waals surface area contributed by atoms with Crippen LogP contribution in [0.25, 0.3) is 0 Å². The van der Waals surface area contributed by atoms with Crippen LogP contribution >= 0.6 is 11.3 Å². The van der Waals surface area contributed by atoms with Gasteiger partial charge < -0.3 is 15.8 Å². The number of carbonyl (C=O) groups is 2. The second-order valence-corrected chi connectivity index (χ2v) is 3.22. The summed E-state index contributed by atoms with van der Waals surface area (Å²) in [7, 11) is 1.25. The molecule has 7 heteroatoms. The lowest BCUT2D eigenvalue weighted by Crippen LogP contribution is -2.30. The van der Waals surface area contributed by atoms with Crippen molar-refractivity contribution in [1.82, 2.24) is 10.3 Å². The lowest BCUT2D eigenvalue weighted by atomic mass is 10.4. The molecule has 0 aromatic carbocycles. The van der Waals surface area contributed by atoms with Crippen LogP contribution in [0.4, 0.5) is 5.13 Å². The number of amides is 1. The number of anilines is 1. The van der Waals surface area contributed by atoms with E-state index in [4.69, 9.17) is 5.73 Å². The third-order valence-electron chi connectivity index (χ3n) is 1.38. The van der Waals surface area contributed by atoms with E-state index in [1.165, 1.54) is 12.5 Å². The standard InChI is InChI=1S/C7H9N3O3S/c1-13-5(11)2-9-6(12)4-3-14-7(8)10-4/h3H,2H2,1H3,(H2,8,10)(H,9,12). The van der Waals surface area contributed by atoms with E-state index in [1.807, 2.05) is 0 Å². The zero-order chi connectivity index (χ0) is 10.6. The van der Waals surface area contributed by atoms with Gasteiger partial charge in [-0.05, 0) is 0 Å². The van der Waals surface area contributed by atoms with Crippen LogP contribution in [0.5, 0.6) is 0 Å². The molecule has 6 nitrogen and oxygen atoms in total. The smallest absolute Gasteiger partial charge is 0.325 e. The van der Waals surface area contributed by atoms with Gasteiger partial charge in [0.25, 0.3) is 5.91 Å². The molecule has 0 aliphatic carbocycles. The summed E-state index contributed by atoms with van der Waals surface area (Å²) in [6, 6.07) is 0. The summed E-state index contributed by atoms with van der Waals surface area (Å²) in [6.45, 7) is -0.174. The molecule has 1 amide bonds. The number of nitrogens with two attached hydrogens (primary N) is 1. The van der Waals surface area contributed by atoms with Gasteiger partial charge in [0.15, 0.2) is 5.13 Å². The highest BCUT2D eigenvalue weighted by Crippen LogP contribution is 2.10. The molecule has 14 heavy (non-hydrogen) atoms. The number of rotatable bonds is 3. The Bertz CT molecular complexity index is 350. The van der Waals surface area contributed by atoms with Gasteiger partial charge in [0.1, 0.15) is 12.2 Å². The summed E-state index contributed by atoms with van der Waals surface area (Å²) in [5.41, 5.74) is 5.54. The van der Waals surface area contributed by atoms with Crippen molar-refractivity contribution < 1.29 is 14.3 Å². The molecule has 1 heterocycles. The molecule has 0 saturated carbocycles. The number of hydrogen-bond donors (Lipinski definition) is 2. The first-order valence-corrected chi connectivity index (χ1v) is 4.57. The van der Waals surface area contributed by atoms with Crippen molar-refractivity contribution in [3.8, 4) is 0 Å². The van der Waals surface area contributed by atoms with Gasteiger partial charge in [-0.3, -0.25) is 9.59 Å². The average Bonchev–Trinajstić information content (AvgIpc) is 2.60. The Hall–Kier alpha value is -1.63. The van der Waals surface area contributed by atoms with Gasteiger partial charge in [-0.15, -0.1) is 11.3 Å². The third-order valence-corrected chi connectivity index (χ3v) is 2.05. The van der Waals surface area contributed by atoms with Gasteiger partial charge in [-0.25, -0.2) is 4.98 Å². The highest BCUT2D eigenvalue weighted by atomic mass is 32.1. The largest absolute Gasteiger partial charge is 0.468 e. The number of nitrogens with one attached hydrogen (secondary N) is 1. The van der Waals surface area contributed by atoms with E-state index < -0.39 is 11.9 Å². The second kappa shape index (κ2) is 4.56. The number of hydrogen-bond acceptors (Lipinski definition) is 6. The summed E-state index contributed by atoms with van der Waals surface area (Å²) in [6.07, 6.45) is 0. The molecule has 0 aliphatic rings. The first-order valence-electron chi connectivity index (χ1n) is 3.69. The average molecular weight is 215 g/mol. The Balaban J connectivity index is 2.47. The van der Waals surface area contributed by atoms with Crippen molar-refractivity contribution in [2.24, 2.45) is 0 Å². The fourth-order valence-electron chi connectivity index (χ4n) is 0.707. The highest BCUT2D eigenvalue weighted by molar-refractivity contribution is 7.13. The maximum atomic E-state index is 11.2. The van der Waals surface area contributed by atoms with Crippen LogP contribution < -0.4 is 11.1 Å². The van der Waals surface area contributed by atoms with E-state index in [0.29, 0.717) is 5.13 Å². The molecule has 0 bridgehead atoms. The maximum Gasteiger partial charge on any atom is 0.325 e. The molecule has 0 aliphatic heterocycles. The van der Waals surface area contributed by atoms with E-state index in [-0.39, 0.29) is 12.2 Å². The monoisotopic (exact) mass is 215 g/mol. The van der Waals surface area contributed by atoms with Crippen molar-refractivity contribution in [2.75, 3.05) is 19.4 Å². The fourth-order valence-corrected chi connectivity index (χ4v) is 1.25. The number of ether oxygens (including phenoxy) is 1. The molecule has 0 unspecified atom stereocenters. The topological polar surface area (TPSA) is 94.3 Å². The Morgan fingerprint density at radius 2 is 2.43 bits per heavy atom. The molecule has 0 saturated heterocycles. The third kappa shape index (κ3) is 2.70. The second-order valence-electron chi connectivity index (χ2n) is 2.33. The molecular weight excluding hydrogens is 206 g/mol. The highest BCUT2D eigenvalue weighted by Gasteiger charge is 2.10. The first-order chi connectivity index (χ1) is 6.63. The van der Waals surface area contributed by atoms with E-state index in [0.717, 1.165) is 11.3 Å². The van der Waals surface area contributed by atoms with Crippen LogP contribution in [0.1, 0.15) is 10.5 Å². The van der Waals surface area contributed by atoms with Crippen LogP contribution in [-0.4, -0.2) is 30.5 Å². The van der Waals surface area contributed by atoms with Crippen LogP contribution in [0.2, 0.25) is 0 Å². The SMILES string of the molecule is COC(=O)CNC(=O)c1csc(N)n1. The fraction of sp³-hybridized carbons (Fsp3) is 0.286. The normalized spacial score (nSPS) is 9.50. The Kier molecular flexibility index (Phi) is 3.41. The zero-order valence-corrected chi connectivity index (χ0v) is 8.26. The summed E-state index contributed by atoms with van der Waals surface area (Å²) in [5, 5.41) is 4.17. The van der Waals surface area contributed by atoms with Gasteiger partial charge in [-0.2, -0.15) is 0 Å². The number of nitrogens with zero attached hydrogens (tertiary/aromatic N) is 1. The minimum absolute atomic E-state index is 0.174. The van der Waals surface area contributed by atoms with Crippen molar-refractivity contribution in [3.63, 3.8) is 0 Å². The van der Waals surface area contributed by atoms with E-state index in [2.05, 4.69) is 15.0 Å². The minimum atomic E-state index is -0.512. The van der Waals surface area contributed by atoms with E-state index in [1.54, 1.807) is 0 Å². The van der Waals surface area contributed by atoms with Gasteiger partial charge in [-0.1, -0.05) is 0 Å². The summed E-state index contributed by atoms with van der Waals surface area (Å²) >= 11 is 1.16. The molecule has 0 spiro atoms. The van der Waals surface area contributed by atoms with Crippen LogP contribution in [0.3, 0.4) is 0 Å². The number of methoxy groups -OCH3 is 1. The quantitative estimate of drug-likeness (QED) is 0.671. The van der Waals surface area contributed by atoms with Crippen molar-refractivity contribution >= 4 is 28.3 Å². The predicted octanol–water partition coefficient (Wildman–Crippen LogP) is -0.372. The van der Waals surface area contributed by atoms with E-state index >= 15 is 0 Å². The molecule has 0 radical (unpaired) electrons. The molecule has 0 fully saturated rings. The lowest BCUT2D eigenvalue weighted by molar-refractivity contribution is -0.139. The number of aromatic nitrogens is 1. The van der Waals surface area contributed by atoms with Gasteiger partial charge in [0.2, 0.25) is 0 Å². The van der Waals surface area contributed by atoms with Crippen LogP contribution in [0, 0.1) is 0 Å². The Labute approximate surface area is 84.1 Å². The van der Waals surface area contributed by atoms with Gasteiger partial charge in [0.05, 0.1) is 7.11 Å². The number of esters is 1. The number of carbonyl (C=O) groups excluding carboxylic acids is 2. The van der Waals surface area contributed by atoms with Crippen molar-refractivity contribution in [1.29, 1.82) is 0 Å². The molecule has 3 N–H and O–H groups in total. The first kappa shape index (κ1) is 10.5. The number of nitrogen functional groups attached to an aromatic ring is 1. The van der Waals surface area contributed by atoms with Crippen LogP contribution in [0.15, 0.2) is 5.38 Å². The maximum absolute atomic E-state index is 11.2. The molecular formula is C7H9N3O3S.